The molecule has 0 saturated carbocycles. The molecule has 1 N–H and O–H groups in total. The van der Waals surface area contributed by atoms with Crippen molar-refractivity contribution in [2.45, 2.75) is 32.2 Å². The standard InChI is InChI=1S/C16H24N2O2/c1-3-20-16(19)14(17-2)10-12-18-11-6-8-13-7-4-5-9-15(13)18/h4-5,7,9,14,17H,3,6,8,10-12H2,1-2H3. The second-order valence-corrected chi connectivity index (χ2v) is 5.10. The van der Waals surface area contributed by atoms with Gasteiger partial charge in [-0.1, -0.05) is 18.2 Å². The van der Waals surface area contributed by atoms with Crippen molar-refractivity contribution < 1.29 is 9.53 Å². The number of benzene rings is 1. The number of nitrogens with one attached hydrogen (secondary N) is 1. The number of carbonyl (C=O) groups is 1. The minimum absolute atomic E-state index is 0.153. The summed E-state index contributed by atoms with van der Waals surface area (Å²) in [6, 6.07) is 8.33. The topological polar surface area (TPSA) is 41.6 Å². The van der Waals surface area contributed by atoms with E-state index in [-0.39, 0.29) is 12.0 Å². The fraction of sp³-hybridized carbons (Fsp3) is 0.562. The summed E-state index contributed by atoms with van der Waals surface area (Å²) in [4.78, 5) is 14.2. The molecule has 0 bridgehead atoms. The van der Waals surface area contributed by atoms with Crippen LogP contribution >= 0.6 is 0 Å². The van der Waals surface area contributed by atoms with Crippen LogP contribution in [0.4, 0.5) is 5.69 Å². The number of carbonyl (C=O) groups excluding carboxylic acids is 1. The van der Waals surface area contributed by atoms with Crippen molar-refractivity contribution in [3.63, 3.8) is 0 Å². The van der Waals surface area contributed by atoms with Crippen molar-refractivity contribution in [1.29, 1.82) is 0 Å². The lowest BCUT2D eigenvalue weighted by Gasteiger charge is -2.32. The number of ether oxygens (including phenoxy) is 1. The van der Waals surface area contributed by atoms with Crippen molar-refractivity contribution in [3.8, 4) is 0 Å². The third-order valence-electron chi connectivity index (χ3n) is 3.81. The number of hydrogen-bond acceptors (Lipinski definition) is 4. The Morgan fingerprint density at radius 1 is 1.45 bits per heavy atom. The fourth-order valence-corrected chi connectivity index (χ4v) is 2.75. The molecule has 1 heterocycles. The van der Waals surface area contributed by atoms with Crippen LogP contribution in [0, 0.1) is 0 Å². The Morgan fingerprint density at radius 3 is 3.00 bits per heavy atom. The van der Waals surface area contributed by atoms with Gasteiger partial charge in [-0.05, 0) is 44.9 Å². The van der Waals surface area contributed by atoms with E-state index in [4.69, 9.17) is 4.74 Å². The molecule has 1 aromatic rings. The summed E-state index contributed by atoms with van der Waals surface area (Å²) in [5, 5.41) is 3.05. The van der Waals surface area contributed by atoms with Gasteiger partial charge >= 0.3 is 5.97 Å². The van der Waals surface area contributed by atoms with Gasteiger partial charge in [0.15, 0.2) is 0 Å². The first kappa shape index (κ1) is 14.9. The number of likely N-dealkylation sites (N-methyl/N-ethyl adjacent to an activating group) is 1. The Morgan fingerprint density at radius 2 is 2.25 bits per heavy atom. The van der Waals surface area contributed by atoms with Gasteiger partial charge in [-0.3, -0.25) is 4.79 Å². The highest BCUT2D eigenvalue weighted by molar-refractivity contribution is 5.75. The van der Waals surface area contributed by atoms with E-state index in [1.54, 1.807) is 0 Å². The van der Waals surface area contributed by atoms with Crippen LogP contribution in [0.15, 0.2) is 24.3 Å². The first-order chi connectivity index (χ1) is 9.76. The molecule has 4 nitrogen and oxygen atoms in total. The van der Waals surface area contributed by atoms with Crippen molar-refractivity contribution in [3.05, 3.63) is 29.8 Å². The fourth-order valence-electron chi connectivity index (χ4n) is 2.75. The van der Waals surface area contributed by atoms with E-state index in [1.807, 2.05) is 14.0 Å². The van der Waals surface area contributed by atoms with E-state index in [1.165, 1.54) is 17.7 Å². The highest BCUT2D eigenvalue weighted by Gasteiger charge is 2.21. The van der Waals surface area contributed by atoms with E-state index in [9.17, 15) is 4.79 Å². The molecule has 4 heteroatoms. The Bertz CT molecular complexity index is 448. The smallest absolute Gasteiger partial charge is 0.323 e. The number of anilines is 1. The highest BCUT2D eigenvalue weighted by Crippen LogP contribution is 2.26. The van der Waals surface area contributed by atoms with Gasteiger partial charge in [-0.25, -0.2) is 0 Å². The molecule has 2 rings (SSSR count). The van der Waals surface area contributed by atoms with Gasteiger partial charge in [-0.15, -0.1) is 0 Å². The Kier molecular flexibility index (Phi) is 5.41. The summed E-state index contributed by atoms with van der Waals surface area (Å²) in [6.07, 6.45) is 3.10. The zero-order chi connectivity index (χ0) is 14.4. The van der Waals surface area contributed by atoms with E-state index < -0.39 is 0 Å². The average molecular weight is 276 g/mol. The molecule has 110 valence electrons. The van der Waals surface area contributed by atoms with E-state index in [0.29, 0.717) is 6.61 Å². The molecule has 0 aromatic heterocycles. The maximum absolute atomic E-state index is 11.8. The molecular weight excluding hydrogens is 252 g/mol. The quantitative estimate of drug-likeness (QED) is 0.807. The van der Waals surface area contributed by atoms with Gasteiger partial charge in [0.25, 0.3) is 0 Å². The second kappa shape index (κ2) is 7.29. The number of aryl methyl sites for hydroxylation is 1. The SMILES string of the molecule is CCOC(=O)C(CCN1CCCc2ccccc21)NC. The number of hydrogen-bond donors (Lipinski definition) is 1. The van der Waals surface area contributed by atoms with Crippen LogP contribution < -0.4 is 10.2 Å². The number of para-hydroxylation sites is 1. The van der Waals surface area contributed by atoms with E-state index in [2.05, 4.69) is 34.5 Å². The second-order valence-electron chi connectivity index (χ2n) is 5.10. The minimum Gasteiger partial charge on any atom is -0.465 e. The van der Waals surface area contributed by atoms with Crippen molar-refractivity contribution in [1.82, 2.24) is 5.32 Å². The minimum atomic E-state index is -0.218. The molecule has 1 aliphatic rings. The van der Waals surface area contributed by atoms with Crippen LogP contribution in [0.1, 0.15) is 25.3 Å². The molecule has 0 spiro atoms. The molecule has 0 radical (unpaired) electrons. The third-order valence-corrected chi connectivity index (χ3v) is 3.81. The van der Waals surface area contributed by atoms with Crippen LogP contribution in [-0.4, -0.2) is 38.8 Å². The lowest BCUT2D eigenvalue weighted by Crippen LogP contribution is -2.40. The molecule has 0 saturated heterocycles. The Labute approximate surface area is 121 Å². The van der Waals surface area contributed by atoms with Gasteiger partial charge in [-0.2, -0.15) is 0 Å². The van der Waals surface area contributed by atoms with Gasteiger partial charge in [0.05, 0.1) is 6.61 Å². The first-order valence-electron chi connectivity index (χ1n) is 7.43. The molecule has 1 aromatic carbocycles. The molecular formula is C16H24N2O2. The number of fused-ring (bicyclic) bond motifs is 1. The molecule has 0 fully saturated rings. The van der Waals surface area contributed by atoms with Gasteiger partial charge < -0.3 is 15.0 Å². The van der Waals surface area contributed by atoms with Crippen LogP contribution in [0.5, 0.6) is 0 Å². The normalized spacial score (nSPS) is 15.6. The van der Waals surface area contributed by atoms with Gasteiger partial charge in [0, 0.05) is 18.8 Å². The summed E-state index contributed by atoms with van der Waals surface area (Å²) >= 11 is 0. The van der Waals surface area contributed by atoms with Crippen molar-refractivity contribution in [2.24, 2.45) is 0 Å². The number of esters is 1. The van der Waals surface area contributed by atoms with E-state index >= 15 is 0 Å². The summed E-state index contributed by atoms with van der Waals surface area (Å²) < 4.78 is 5.08. The predicted octanol–water partition coefficient (Wildman–Crippen LogP) is 1.98. The average Bonchev–Trinajstić information content (AvgIpc) is 2.48. The Balaban J connectivity index is 1.96. The highest BCUT2D eigenvalue weighted by atomic mass is 16.5. The van der Waals surface area contributed by atoms with Gasteiger partial charge in [0.1, 0.15) is 6.04 Å². The van der Waals surface area contributed by atoms with Crippen LogP contribution in [0.2, 0.25) is 0 Å². The summed E-state index contributed by atoms with van der Waals surface area (Å²) in [6.45, 7) is 4.21. The van der Waals surface area contributed by atoms with Crippen LogP contribution in [0.3, 0.4) is 0 Å². The maximum Gasteiger partial charge on any atom is 0.323 e. The molecule has 20 heavy (non-hydrogen) atoms. The lowest BCUT2D eigenvalue weighted by atomic mass is 10.0. The molecule has 0 amide bonds. The van der Waals surface area contributed by atoms with Gasteiger partial charge in [0.2, 0.25) is 0 Å². The zero-order valence-electron chi connectivity index (χ0n) is 12.4. The molecule has 1 atom stereocenters. The summed E-state index contributed by atoms with van der Waals surface area (Å²) in [7, 11) is 1.81. The third kappa shape index (κ3) is 3.51. The monoisotopic (exact) mass is 276 g/mol. The maximum atomic E-state index is 11.8. The Hall–Kier alpha value is -1.55. The largest absolute Gasteiger partial charge is 0.465 e. The predicted molar refractivity (Wildman–Crippen MR) is 81.1 cm³/mol. The molecule has 1 unspecified atom stereocenters. The zero-order valence-corrected chi connectivity index (χ0v) is 12.4. The molecule has 0 aliphatic carbocycles. The number of rotatable bonds is 6. The van der Waals surface area contributed by atoms with Crippen molar-refractivity contribution in [2.75, 3.05) is 31.6 Å². The summed E-state index contributed by atoms with van der Waals surface area (Å²) in [5.74, 6) is -0.153. The van der Waals surface area contributed by atoms with Crippen molar-refractivity contribution >= 4 is 11.7 Å². The number of nitrogens with zero attached hydrogens (tertiary/aromatic N) is 1. The summed E-state index contributed by atoms with van der Waals surface area (Å²) in [5.41, 5.74) is 2.73. The lowest BCUT2D eigenvalue weighted by molar-refractivity contribution is -0.145. The van der Waals surface area contributed by atoms with E-state index in [0.717, 1.165) is 25.9 Å². The first-order valence-corrected chi connectivity index (χ1v) is 7.43. The molecule has 1 aliphatic heterocycles. The van der Waals surface area contributed by atoms with Crippen LogP contribution in [-0.2, 0) is 16.0 Å². The van der Waals surface area contributed by atoms with Crippen LogP contribution in [0.25, 0.3) is 0 Å².